The van der Waals surface area contributed by atoms with Crippen molar-refractivity contribution in [3.63, 3.8) is 0 Å². The van der Waals surface area contributed by atoms with Gasteiger partial charge in [-0.2, -0.15) is 0 Å². The number of rotatable bonds is 5. The highest BCUT2D eigenvalue weighted by atomic mass is 16.6. The summed E-state index contributed by atoms with van der Waals surface area (Å²) in [5, 5.41) is 35.9. The molecule has 0 fully saturated rings. The van der Waals surface area contributed by atoms with Crippen LogP contribution in [0.4, 0.5) is 16.2 Å². The second kappa shape index (κ2) is 15.9. The van der Waals surface area contributed by atoms with E-state index in [4.69, 9.17) is 19.9 Å². The summed E-state index contributed by atoms with van der Waals surface area (Å²) in [6, 6.07) is 1.23. The number of anilines is 1. The summed E-state index contributed by atoms with van der Waals surface area (Å²) in [5.41, 5.74) is 6.69. The normalized spacial score (nSPS) is 26.3. The van der Waals surface area contributed by atoms with Crippen LogP contribution >= 0.6 is 0 Å². The van der Waals surface area contributed by atoms with Crippen molar-refractivity contribution in [2.45, 2.75) is 65.0 Å². The van der Waals surface area contributed by atoms with E-state index in [1.165, 1.54) is 38.7 Å². The Labute approximate surface area is 247 Å². The van der Waals surface area contributed by atoms with Crippen LogP contribution in [0.25, 0.3) is 0 Å². The lowest BCUT2D eigenvalue weighted by Gasteiger charge is -2.29. The Morgan fingerprint density at radius 2 is 1.90 bits per heavy atom. The molecule has 2 amide bonds. The Kier molecular flexibility index (Phi) is 13.0. The smallest absolute Gasteiger partial charge is 0.405 e. The van der Waals surface area contributed by atoms with Gasteiger partial charge in [0.1, 0.15) is 23.3 Å². The number of amides is 2. The third-order valence-corrected chi connectivity index (χ3v) is 7.11. The second-order valence-electron chi connectivity index (χ2n) is 10.5. The Bertz CT molecular complexity index is 1250. The summed E-state index contributed by atoms with van der Waals surface area (Å²) in [5.74, 6) is -1.61. The van der Waals surface area contributed by atoms with E-state index in [-0.39, 0.29) is 40.8 Å². The number of carbonyl (C=O) groups is 2. The van der Waals surface area contributed by atoms with E-state index in [1.807, 2.05) is 13.8 Å². The van der Waals surface area contributed by atoms with Crippen molar-refractivity contribution in [3.8, 4) is 11.5 Å². The Hall–Kier alpha value is -3.93. The molecule has 1 aromatic carbocycles. The van der Waals surface area contributed by atoms with E-state index < -0.39 is 42.3 Å². The van der Waals surface area contributed by atoms with Crippen LogP contribution in [-0.2, 0) is 25.4 Å². The minimum Gasteiger partial charge on any atom is -0.506 e. The van der Waals surface area contributed by atoms with Crippen LogP contribution in [0.2, 0.25) is 0 Å². The molecule has 11 nitrogen and oxygen atoms in total. The highest BCUT2D eigenvalue weighted by Crippen LogP contribution is 2.44. The zero-order chi connectivity index (χ0) is 31.6. The summed E-state index contributed by atoms with van der Waals surface area (Å²) in [6.45, 7) is 10.6. The number of ether oxygens (including phenoxy) is 3. The number of hydrogen-bond donors (Lipinski definition) is 5. The van der Waals surface area contributed by atoms with Gasteiger partial charge < -0.3 is 40.6 Å². The van der Waals surface area contributed by atoms with Crippen molar-refractivity contribution >= 4 is 29.6 Å². The summed E-state index contributed by atoms with van der Waals surface area (Å²) in [7, 11) is 2.94. The van der Waals surface area contributed by atoms with Gasteiger partial charge in [-0.1, -0.05) is 50.8 Å². The number of benzene rings is 1. The van der Waals surface area contributed by atoms with Gasteiger partial charge in [0.05, 0.1) is 17.9 Å². The van der Waals surface area contributed by atoms with Gasteiger partial charge in [-0.3, -0.25) is 9.79 Å². The molecule has 42 heavy (non-hydrogen) atoms. The predicted molar refractivity (Wildman–Crippen MR) is 162 cm³/mol. The first kappa shape index (κ1) is 34.3. The van der Waals surface area contributed by atoms with Gasteiger partial charge in [0.2, 0.25) is 0 Å². The average molecular weight is 586 g/mol. The molecule has 1 aliphatic heterocycles. The average Bonchev–Trinajstić information content (AvgIpc) is 2.94. The van der Waals surface area contributed by atoms with Crippen molar-refractivity contribution < 1.29 is 39.1 Å². The SMILES string of the molecule is C=CC=Nc1c(O)cc2c(O)c1C[C@@H](C)C[C@H](OC)C(O)[C@@H](C)C=C(C)[C@H](OC(N)=O)[C@@H](OC)C=CC=C(C)C(=O)N2. The molecule has 230 valence electrons. The van der Waals surface area contributed by atoms with Crippen LogP contribution in [0.15, 0.2) is 59.2 Å². The fraction of sp³-hybridized carbons (Fsp3) is 0.452. The summed E-state index contributed by atoms with van der Waals surface area (Å²) in [4.78, 5) is 29.0. The number of phenols is 2. The third kappa shape index (κ3) is 9.04. The van der Waals surface area contributed by atoms with Crippen LogP contribution < -0.4 is 11.1 Å². The number of carbonyl (C=O) groups excluding carboxylic acids is 2. The molecule has 11 heteroatoms. The zero-order valence-electron chi connectivity index (χ0n) is 25.0. The molecule has 1 unspecified atom stereocenters. The molecule has 0 saturated heterocycles. The number of hydrogen-bond acceptors (Lipinski definition) is 9. The maximum Gasteiger partial charge on any atom is 0.405 e. The zero-order valence-corrected chi connectivity index (χ0v) is 25.0. The quantitative estimate of drug-likeness (QED) is 0.146. The molecule has 1 aliphatic rings. The van der Waals surface area contributed by atoms with E-state index in [1.54, 1.807) is 32.1 Å². The lowest BCUT2D eigenvalue weighted by molar-refractivity contribution is -0.112. The number of nitrogens with one attached hydrogen (secondary N) is 1. The standard InChI is InChI=1S/C31H43N3O8/c1-8-12-33-26-21-13-17(2)14-25(41-7)27(36)19(4)15-20(5)29(42-31(32)39)24(40-6)11-9-10-18(3)30(38)34-22(28(21)37)16-23(26)35/h8-12,15-17,19,24-25,27,29,35-37H,1,13-14H2,2-7H3,(H2,32,39)(H,34,38)/t17-,19+,24+,25+,27?,29+/m1/s1. The number of aliphatic hydroxyl groups is 1. The lowest BCUT2D eigenvalue weighted by atomic mass is 9.87. The van der Waals surface area contributed by atoms with E-state index in [2.05, 4.69) is 16.9 Å². The maximum atomic E-state index is 13.0. The van der Waals surface area contributed by atoms with Crippen LogP contribution in [-0.4, -0.2) is 72.2 Å². The lowest BCUT2D eigenvalue weighted by Crippen LogP contribution is -2.37. The van der Waals surface area contributed by atoms with Crippen molar-refractivity contribution in [1.29, 1.82) is 0 Å². The first-order valence-electron chi connectivity index (χ1n) is 13.6. The predicted octanol–water partition coefficient (Wildman–Crippen LogP) is 4.45. The largest absolute Gasteiger partial charge is 0.506 e. The first-order chi connectivity index (χ1) is 19.8. The van der Waals surface area contributed by atoms with E-state index in [0.29, 0.717) is 17.6 Å². The van der Waals surface area contributed by atoms with Gasteiger partial charge in [0.25, 0.3) is 5.91 Å². The fourth-order valence-electron chi connectivity index (χ4n) is 4.87. The maximum absolute atomic E-state index is 13.0. The number of aliphatic hydroxyl groups excluding tert-OH is 1. The summed E-state index contributed by atoms with van der Waals surface area (Å²) >= 11 is 0. The van der Waals surface area contributed by atoms with E-state index in [9.17, 15) is 24.9 Å². The van der Waals surface area contributed by atoms with E-state index in [0.717, 1.165) is 0 Å². The molecule has 0 aromatic heterocycles. The molecular weight excluding hydrogens is 542 g/mol. The molecule has 0 aliphatic carbocycles. The summed E-state index contributed by atoms with van der Waals surface area (Å²) in [6.07, 6.45) is 5.69. The molecule has 0 spiro atoms. The summed E-state index contributed by atoms with van der Waals surface area (Å²) < 4.78 is 16.6. The van der Waals surface area contributed by atoms with Crippen molar-refractivity contribution in [1.82, 2.24) is 0 Å². The van der Waals surface area contributed by atoms with Crippen LogP contribution in [0, 0.1) is 11.8 Å². The molecular formula is C31H43N3O8. The molecule has 0 radical (unpaired) electrons. The molecule has 1 heterocycles. The molecule has 6 atom stereocenters. The Balaban J connectivity index is 2.69. The van der Waals surface area contributed by atoms with Gasteiger partial charge >= 0.3 is 6.09 Å². The Morgan fingerprint density at radius 3 is 2.50 bits per heavy atom. The van der Waals surface area contributed by atoms with Gasteiger partial charge in [0, 0.05) is 43.6 Å². The molecule has 2 rings (SSSR count). The van der Waals surface area contributed by atoms with Gasteiger partial charge in [-0.05, 0) is 38.2 Å². The number of allylic oxidation sites excluding steroid dienone is 3. The van der Waals surface area contributed by atoms with E-state index >= 15 is 0 Å². The number of aromatic hydroxyl groups is 2. The molecule has 0 saturated carbocycles. The molecule has 1 aromatic rings. The van der Waals surface area contributed by atoms with Crippen molar-refractivity contribution in [2.75, 3.05) is 19.5 Å². The number of nitrogens with zero attached hydrogens (tertiary/aromatic N) is 1. The minimum atomic E-state index is -0.994. The monoisotopic (exact) mass is 585 g/mol. The van der Waals surface area contributed by atoms with Crippen LogP contribution in [0.5, 0.6) is 11.5 Å². The number of nitrogens with two attached hydrogens (primary N) is 1. The second-order valence-corrected chi connectivity index (χ2v) is 10.5. The van der Waals surface area contributed by atoms with Crippen LogP contribution in [0.3, 0.4) is 0 Å². The molecule has 2 bridgehead atoms. The topological polar surface area (TPSA) is 173 Å². The van der Waals surface area contributed by atoms with Gasteiger partial charge in [-0.15, -0.1) is 0 Å². The van der Waals surface area contributed by atoms with Gasteiger partial charge in [0.15, 0.2) is 6.10 Å². The van der Waals surface area contributed by atoms with Crippen molar-refractivity contribution in [2.24, 2.45) is 22.6 Å². The number of fused-ring (bicyclic) bond motifs is 2. The Morgan fingerprint density at radius 1 is 1.21 bits per heavy atom. The number of phenolic OH excluding ortho intramolecular Hbond substituents is 2. The van der Waals surface area contributed by atoms with Crippen LogP contribution in [0.1, 0.15) is 39.7 Å². The first-order valence-corrected chi connectivity index (χ1v) is 13.6. The minimum absolute atomic E-state index is 0.00774. The van der Waals surface area contributed by atoms with Crippen molar-refractivity contribution in [3.05, 3.63) is 59.7 Å². The third-order valence-electron chi connectivity index (χ3n) is 7.11. The molecule has 6 N–H and O–H groups in total. The highest BCUT2D eigenvalue weighted by Gasteiger charge is 2.30. The number of primary amides is 1. The van der Waals surface area contributed by atoms with Gasteiger partial charge in [-0.25, -0.2) is 4.79 Å². The number of methoxy groups -OCH3 is 2. The fourth-order valence-corrected chi connectivity index (χ4v) is 4.87. The number of aliphatic imine (C=N–C) groups is 1. The highest BCUT2D eigenvalue weighted by molar-refractivity contribution is 6.04.